The number of benzene rings is 1. The molecular formula is C13H11NO2. The molecule has 0 bridgehead atoms. The molecule has 80 valence electrons. The quantitative estimate of drug-likeness (QED) is 0.834. The van der Waals surface area contributed by atoms with Crippen LogP contribution in [0.1, 0.15) is 15.9 Å². The standard InChI is InChI=1S/C13H11NO2/c1-9-2-4-10(5-3-9)11-6-7-14-8-12(11)13(15)16/h2-8H,1H3,(H,15,16). The van der Waals surface area contributed by atoms with Crippen LogP contribution in [0.3, 0.4) is 0 Å². The number of aromatic carboxylic acids is 1. The molecule has 1 aromatic carbocycles. The average Bonchev–Trinajstić information content (AvgIpc) is 2.30. The molecule has 2 rings (SSSR count). The molecule has 0 fully saturated rings. The van der Waals surface area contributed by atoms with E-state index in [-0.39, 0.29) is 5.56 Å². The van der Waals surface area contributed by atoms with E-state index >= 15 is 0 Å². The number of hydrogen-bond acceptors (Lipinski definition) is 2. The fourth-order valence-corrected chi connectivity index (χ4v) is 1.55. The minimum atomic E-state index is -0.955. The van der Waals surface area contributed by atoms with Crippen LogP contribution in [0.4, 0.5) is 0 Å². The summed E-state index contributed by atoms with van der Waals surface area (Å²) in [6.45, 7) is 1.99. The van der Waals surface area contributed by atoms with E-state index in [0.717, 1.165) is 11.1 Å². The monoisotopic (exact) mass is 213 g/mol. The third-order valence-corrected chi connectivity index (χ3v) is 2.41. The topological polar surface area (TPSA) is 50.2 Å². The van der Waals surface area contributed by atoms with Crippen LogP contribution in [-0.2, 0) is 0 Å². The summed E-state index contributed by atoms with van der Waals surface area (Å²) in [5.41, 5.74) is 2.97. The van der Waals surface area contributed by atoms with Crippen LogP contribution in [0.2, 0.25) is 0 Å². The van der Waals surface area contributed by atoms with E-state index < -0.39 is 5.97 Å². The van der Waals surface area contributed by atoms with E-state index in [2.05, 4.69) is 4.98 Å². The Morgan fingerprint density at radius 1 is 1.19 bits per heavy atom. The summed E-state index contributed by atoms with van der Waals surface area (Å²) in [7, 11) is 0. The molecule has 3 heteroatoms. The first kappa shape index (κ1) is 10.4. The fraction of sp³-hybridized carbons (Fsp3) is 0.0769. The van der Waals surface area contributed by atoms with E-state index in [9.17, 15) is 4.79 Å². The van der Waals surface area contributed by atoms with E-state index in [4.69, 9.17) is 5.11 Å². The van der Waals surface area contributed by atoms with Gasteiger partial charge in [-0.15, -0.1) is 0 Å². The molecule has 16 heavy (non-hydrogen) atoms. The summed E-state index contributed by atoms with van der Waals surface area (Å²) < 4.78 is 0. The van der Waals surface area contributed by atoms with Crippen molar-refractivity contribution < 1.29 is 9.90 Å². The first-order chi connectivity index (χ1) is 7.68. The lowest BCUT2D eigenvalue weighted by molar-refractivity contribution is 0.0697. The van der Waals surface area contributed by atoms with Crippen molar-refractivity contribution in [2.75, 3.05) is 0 Å². The smallest absolute Gasteiger partial charge is 0.337 e. The summed E-state index contributed by atoms with van der Waals surface area (Å²) in [4.78, 5) is 14.9. The maximum Gasteiger partial charge on any atom is 0.337 e. The van der Waals surface area contributed by atoms with Crippen molar-refractivity contribution in [1.82, 2.24) is 4.98 Å². The third-order valence-electron chi connectivity index (χ3n) is 2.41. The Morgan fingerprint density at radius 2 is 1.88 bits per heavy atom. The minimum absolute atomic E-state index is 0.228. The first-order valence-electron chi connectivity index (χ1n) is 4.93. The largest absolute Gasteiger partial charge is 0.478 e. The molecule has 1 N–H and O–H groups in total. The molecule has 0 aliphatic carbocycles. The van der Waals surface area contributed by atoms with Crippen LogP contribution >= 0.6 is 0 Å². The Labute approximate surface area is 93.4 Å². The van der Waals surface area contributed by atoms with Crippen LogP contribution in [0.25, 0.3) is 11.1 Å². The van der Waals surface area contributed by atoms with Gasteiger partial charge in [0.15, 0.2) is 0 Å². The SMILES string of the molecule is Cc1ccc(-c2ccncc2C(=O)O)cc1. The molecular weight excluding hydrogens is 202 g/mol. The number of carbonyl (C=O) groups is 1. The first-order valence-corrected chi connectivity index (χ1v) is 4.93. The Morgan fingerprint density at radius 3 is 2.50 bits per heavy atom. The van der Waals surface area contributed by atoms with Crippen LogP contribution in [0.5, 0.6) is 0 Å². The van der Waals surface area contributed by atoms with Crippen molar-refractivity contribution in [2.45, 2.75) is 6.92 Å². The molecule has 0 saturated carbocycles. The second-order valence-corrected chi connectivity index (χ2v) is 3.59. The number of nitrogens with zero attached hydrogens (tertiary/aromatic N) is 1. The molecule has 0 aliphatic heterocycles. The van der Waals surface area contributed by atoms with Crippen molar-refractivity contribution in [2.24, 2.45) is 0 Å². The number of rotatable bonds is 2. The average molecular weight is 213 g/mol. The number of pyridine rings is 1. The number of carboxylic acids is 1. The van der Waals surface area contributed by atoms with E-state index in [1.165, 1.54) is 6.20 Å². The normalized spacial score (nSPS) is 10.1. The van der Waals surface area contributed by atoms with Gasteiger partial charge in [0.2, 0.25) is 0 Å². The summed E-state index contributed by atoms with van der Waals surface area (Å²) >= 11 is 0. The molecule has 0 amide bonds. The Bertz CT molecular complexity index is 518. The van der Waals surface area contributed by atoms with Gasteiger partial charge in [0.1, 0.15) is 0 Å². The van der Waals surface area contributed by atoms with Gasteiger partial charge < -0.3 is 5.11 Å². The molecule has 3 nitrogen and oxygen atoms in total. The Balaban J connectivity index is 2.55. The van der Waals surface area contributed by atoms with Crippen LogP contribution in [0.15, 0.2) is 42.7 Å². The predicted octanol–water partition coefficient (Wildman–Crippen LogP) is 2.76. The maximum absolute atomic E-state index is 11.0. The number of aromatic nitrogens is 1. The predicted molar refractivity (Wildman–Crippen MR) is 61.4 cm³/mol. The summed E-state index contributed by atoms with van der Waals surface area (Å²) in [5.74, 6) is -0.955. The van der Waals surface area contributed by atoms with Gasteiger partial charge in [-0.05, 0) is 24.1 Å². The summed E-state index contributed by atoms with van der Waals surface area (Å²) in [6, 6.07) is 9.46. The Hall–Kier alpha value is -2.16. The van der Waals surface area contributed by atoms with Gasteiger partial charge in [-0.2, -0.15) is 0 Å². The summed E-state index contributed by atoms with van der Waals surface area (Å²) in [5, 5.41) is 9.04. The zero-order valence-electron chi connectivity index (χ0n) is 8.84. The second kappa shape index (κ2) is 4.14. The highest BCUT2D eigenvalue weighted by Gasteiger charge is 2.10. The van der Waals surface area contributed by atoms with Gasteiger partial charge in [-0.3, -0.25) is 4.98 Å². The number of aryl methyl sites for hydroxylation is 1. The van der Waals surface area contributed by atoms with Crippen LogP contribution in [-0.4, -0.2) is 16.1 Å². The highest BCUT2D eigenvalue weighted by molar-refractivity contribution is 5.95. The summed E-state index contributed by atoms with van der Waals surface area (Å²) in [6.07, 6.45) is 2.97. The molecule has 0 unspecified atom stereocenters. The molecule has 0 saturated heterocycles. The zero-order chi connectivity index (χ0) is 11.5. The van der Waals surface area contributed by atoms with Crippen LogP contribution < -0.4 is 0 Å². The fourth-order valence-electron chi connectivity index (χ4n) is 1.55. The Kier molecular flexibility index (Phi) is 2.68. The maximum atomic E-state index is 11.0. The van der Waals surface area contributed by atoms with Gasteiger partial charge in [0.05, 0.1) is 5.56 Å². The molecule has 0 atom stereocenters. The molecule has 0 spiro atoms. The highest BCUT2D eigenvalue weighted by Crippen LogP contribution is 2.23. The van der Waals surface area contributed by atoms with Gasteiger partial charge in [-0.25, -0.2) is 4.79 Å². The van der Waals surface area contributed by atoms with Crippen molar-refractivity contribution in [3.05, 3.63) is 53.9 Å². The molecule has 2 aromatic rings. The molecule has 1 aromatic heterocycles. The minimum Gasteiger partial charge on any atom is -0.478 e. The third kappa shape index (κ3) is 1.93. The zero-order valence-corrected chi connectivity index (χ0v) is 8.84. The van der Waals surface area contributed by atoms with E-state index in [0.29, 0.717) is 5.56 Å². The van der Waals surface area contributed by atoms with Crippen molar-refractivity contribution >= 4 is 5.97 Å². The molecule has 0 aliphatic rings. The van der Waals surface area contributed by atoms with E-state index in [1.54, 1.807) is 12.3 Å². The van der Waals surface area contributed by atoms with Gasteiger partial charge in [-0.1, -0.05) is 29.8 Å². The molecule has 0 radical (unpaired) electrons. The van der Waals surface area contributed by atoms with Crippen molar-refractivity contribution in [3.8, 4) is 11.1 Å². The van der Waals surface area contributed by atoms with Gasteiger partial charge in [0, 0.05) is 12.4 Å². The lowest BCUT2D eigenvalue weighted by Gasteiger charge is -2.05. The second-order valence-electron chi connectivity index (χ2n) is 3.59. The van der Waals surface area contributed by atoms with Gasteiger partial charge in [0.25, 0.3) is 0 Å². The van der Waals surface area contributed by atoms with Crippen LogP contribution in [0, 0.1) is 6.92 Å². The lowest BCUT2D eigenvalue weighted by Crippen LogP contribution is -2.00. The lowest BCUT2D eigenvalue weighted by atomic mass is 10.0. The van der Waals surface area contributed by atoms with Crippen molar-refractivity contribution in [3.63, 3.8) is 0 Å². The van der Waals surface area contributed by atoms with Crippen molar-refractivity contribution in [1.29, 1.82) is 0 Å². The van der Waals surface area contributed by atoms with E-state index in [1.807, 2.05) is 31.2 Å². The molecule has 1 heterocycles. The number of hydrogen-bond donors (Lipinski definition) is 1. The van der Waals surface area contributed by atoms with Gasteiger partial charge >= 0.3 is 5.97 Å². The highest BCUT2D eigenvalue weighted by atomic mass is 16.4. The number of carboxylic acid groups (broad SMARTS) is 1.